The number of hydrogen-bond acceptors (Lipinski definition) is 5. The molecule has 3 aromatic heterocycles. The first kappa shape index (κ1) is 17.9. The van der Waals surface area contributed by atoms with Crippen LogP contribution in [0.4, 0.5) is 19.1 Å². The van der Waals surface area contributed by atoms with E-state index in [-0.39, 0.29) is 17.7 Å². The zero-order valence-corrected chi connectivity index (χ0v) is 14.5. The number of alkyl halides is 3. The van der Waals surface area contributed by atoms with Gasteiger partial charge in [0.05, 0.1) is 23.6 Å². The Labute approximate surface area is 147 Å². The Morgan fingerprint density at radius 3 is 2.62 bits per heavy atom. The maximum absolute atomic E-state index is 13.2. The van der Waals surface area contributed by atoms with E-state index in [1.807, 2.05) is 13.8 Å². The van der Waals surface area contributed by atoms with E-state index < -0.39 is 11.9 Å². The second-order valence-electron chi connectivity index (χ2n) is 5.80. The van der Waals surface area contributed by atoms with Crippen LogP contribution in [0.2, 0.25) is 0 Å². The maximum Gasteiger partial charge on any atom is 0.433 e. The van der Waals surface area contributed by atoms with Crippen molar-refractivity contribution in [1.29, 1.82) is 0 Å². The molecule has 10 heteroatoms. The van der Waals surface area contributed by atoms with Gasteiger partial charge in [-0.05, 0) is 26.0 Å². The molecule has 3 heterocycles. The van der Waals surface area contributed by atoms with Crippen molar-refractivity contribution in [1.82, 2.24) is 29.5 Å². The predicted octanol–water partition coefficient (Wildman–Crippen LogP) is 3.29. The van der Waals surface area contributed by atoms with Crippen molar-refractivity contribution < 1.29 is 13.2 Å². The van der Waals surface area contributed by atoms with E-state index in [1.165, 1.54) is 10.9 Å². The lowest BCUT2D eigenvalue weighted by Gasteiger charge is -2.17. The molecule has 1 atom stereocenters. The van der Waals surface area contributed by atoms with Crippen LogP contribution in [0, 0.1) is 0 Å². The van der Waals surface area contributed by atoms with E-state index in [9.17, 15) is 13.2 Å². The van der Waals surface area contributed by atoms with Crippen molar-refractivity contribution in [2.24, 2.45) is 7.05 Å². The molecular formula is C16H18F3N7. The van der Waals surface area contributed by atoms with Crippen molar-refractivity contribution in [3.05, 3.63) is 42.1 Å². The fourth-order valence-electron chi connectivity index (χ4n) is 2.60. The number of nitrogens with zero attached hydrogens (tertiary/aromatic N) is 6. The van der Waals surface area contributed by atoms with Crippen LogP contribution in [0.15, 0.2) is 30.7 Å². The highest BCUT2D eigenvalue weighted by Gasteiger charge is 2.34. The SMILES string of the molecule is CCn1nccc1C(C)Nc1nc(-c2cnn(C)c2)cc(C(F)(F)F)n1. The number of halogens is 3. The van der Waals surface area contributed by atoms with E-state index in [0.29, 0.717) is 12.1 Å². The van der Waals surface area contributed by atoms with Crippen LogP contribution in [0.25, 0.3) is 11.3 Å². The van der Waals surface area contributed by atoms with Crippen LogP contribution < -0.4 is 5.32 Å². The summed E-state index contributed by atoms with van der Waals surface area (Å²) in [5, 5.41) is 11.1. The molecule has 3 aromatic rings. The topological polar surface area (TPSA) is 73.5 Å². The van der Waals surface area contributed by atoms with E-state index in [4.69, 9.17) is 0 Å². The van der Waals surface area contributed by atoms with Crippen LogP contribution in [-0.2, 0) is 19.8 Å². The summed E-state index contributed by atoms with van der Waals surface area (Å²) in [7, 11) is 1.68. The van der Waals surface area contributed by atoms with Gasteiger partial charge < -0.3 is 5.32 Å². The molecule has 3 rings (SSSR count). The van der Waals surface area contributed by atoms with Crippen molar-refractivity contribution in [2.75, 3.05) is 5.32 Å². The number of aromatic nitrogens is 6. The first-order chi connectivity index (χ1) is 12.3. The van der Waals surface area contributed by atoms with Gasteiger partial charge in [-0.2, -0.15) is 23.4 Å². The lowest BCUT2D eigenvalue weighted by atomic mass is 10.2. The van der Waals surface area contributed by atoms with E-state index in [2.05, 4.69) is 25.5 Å². The largest absolute Gasteiger partial charge is 0.433 e. The quantitative estimate of drug-likeness (QED) is 0.751. The minimum Gasteiger partial charge on any atom is -0.346 e. The highest BCUT2D eigenvalue weighted by atomic mass is 19.4. The lowest BCUT2D eigenvalue weighted by molar-refractivity contribution is -0.141. The van der Waals surface area contributed by atoms with Gasteiger partial charge in [0, 0.05) is 31.5 Å². The molecule has 26 heavy (non-hydrogen) atoms. The third kappa shape index (κ3) is 3.68. The molecule has 138 valence electrons. The van der Waals surface area contributed by atoms with E-state index in [0.717, 1.165) is 11.8 Å². The molecule has 0 saturated carbocycles. The van der Waals surface area contributed by atoms with Gasteiger partial charge in [-0.25, -0.2) is 9.97 Å². The Hall–Kier alpha value is -2.91. The predicted molar refractivity (Wildman–Crippen MR) is 89.2 cm³/mol. The number of rotatable bonds is 5. The van der Waals surface area contributed by atoms with Crippen molar-refractivity contribution >= 4 is 5.95 Å². The summed E-state index contributed by atoms with van der Waals surface area (Å²) in [6, 6.07) is 2.41. The number of anilines is 1. The Kier molecular flexibility index (Phi) is 4.66. The van der Waals surface area contributed by atoms with Gasteiger partial charge in [-0.3, -0.25) is 9.36 Å². The fourth-order valence-corrected chi connectivity index (χ4v) is 2.60. The summed E-state index contributed by atoms with van der Waals surface area (Å²) in [4.78, 5) is 7.87. The fraction of sp³-hybridized carbons (Fsp3) is 0.375. The van der Waals surface area contributed by atoms with Gasteiger partial charge in [0.25, 0.3) is 0 Å². The van der Waals surface area contributed by atoms with Crippen LogP contribution >= 0.6 is 0 Å². The van der Waals surface area contributed by atoms with Crippen LogP contribution in [0.5, 0.6) is 0 Å². The summed E-state index contributed by atoms with van der Waals surface area (Å²) in [6.07, 6.45) is 0.125. The van der Waals surface area contributed by atoms with Crippen molar-refractivity contribution in [3.8, 4) is 11.3 Å². The molecule has 0 aromatic carbocycles. The molecule has 0 aliphatic carbocycles. The van der Waals surface area contributed by atoms with Crippen LogP contribution in [0.3, 0.4) is 0 Å². The monoisotopic (exact) mass is 365 g/mol. The summed E-state index contributed by atoms with van der Waals surface area (Å²) < 4.78 is 43.0. The van der Waals surface area contributed by atoms with Crippen LogP contribution in [-0.4, -0.2) is 29.5 Å². The minimum absolute atomic E-state index is 0.102. The highest BCUT2D eigenvalue weighted by molar-refractivity contribution is 5.59. The Morgan fingerprint density at radius 1 is 1.23 bits per heavy atom. The van der Waals surface area contributed by atoms with Crippen LogP contribution in [0.1, 0.15) is 31.3 Å². The number of hydrogen-bond donors (Lipinski definition) is 1. The summed E-state index contributed by atoms with van der Waals surface area (Å²) in [6.45, 7) is 4.40. The number of aryl methyl sites for hydroxylation is 2. The smallest absolute Gasteiger partial charge is 0.346 e. The second kappa shape index (κ2) is 6.77. The van der Waals surface area contributed by atoms with Gasteiger partial charge in [-0.1, -0.05) is 0 Å². The van der Waals surface area contributed by atoms with Crippen molar-refractivity contribution in [2.45, 2.75) is 32.6 Å². The molecule has 1 N–H and O–H groups in total. The average molecular weight is 365 g/mol. The second-order valence-corrected chi connectivity index (χ2v) is 5.80. The van der Waals surface area contributed by atoms with Gasteiger partial charge in [0.2, 0.25) is 5.95 Å². The normalized spacial score (nSPS) is 13.0. The van der Waals surface area contributed by atoms with Gasteiger partial charge in [-0.15, -0.1) is 0 Å². The molecule has 0 aliphatic heterocycles. The third-order valence-corrected chi connectivity index (χ3v) is 3.86. The van der Waals surface area contributed by atoms with E-state index in [1.54, 1.807) is 30.2 Å². The van der Waals surface area contributed by atoms with Gasteiger partial charge in [0.15, 0.2) is 5.69 Å². The Morgan fingerprint density at radius 2 is 2.00 bits per heavy atom. The molecule has 0 aliphatic rings. The molecule has 0 amide bonds. The molecule has 7 nitrogen and oxygen atoms in total. The minimum atomic E-state index is -4.58. The molecule has 0 fully saturated rings. The zero-order chi connectivity index (χ0) is 18.9. The Bertz CT molecular complexity index is 897. The summed E-state index contributed by atoms with van der Waals surface area (Å²) in [5.41, 5.74) is 0.454. The zero-order valence-electron chi connectivity index (χ0n) is 14.5. The summed E-state index contributed by atoms with van der Waals surface area (Å²) in [5.74, 6) is -0.102. The molecule has 0 bridgehead atoms. The lowest BCUT2D eigenvalue weighted by Crippen LogP contribution is -2.17. The molecular weight excluding hydrogens is 347 g/mol. The van der Waals surface area contributed by atoms with E-state index >= 15 is 0 Å². The highest BCUT2D eigenvalue weighted by Crippen LogP contribution is 2.31. The molecule has 0 radical (unpaired) electrons. The summed E-state index contributed by atoms with van der Waals surface area (Å²) >= 11 is 0. The molecule has 0 spiro atoms. The number of nitrogens with one attached hydrogen (secondary N) is 1. The Balaban J connectivity index is 1.98. The van der Waals surface area contributed by atoms with Gasteiger partial charge >= 0.3 is 6.18 Å². The van der Waals surface area contributed by atoms with Crippen molar-refractivity contribution in [3.63, 3.8) is 0 Å². The third-order valence-electron chi connectivity index (χ3n) is 3.86. The first-order valence-corrected chi connectivity index (χ1v) is 8.01. The molecule has 0 saturated heterocycles. The van der Waals surface area contributed by atoms with Gasteiger partial charge in [0.1, 0.15) is 0 Å². The molecule has 1 unspecified atom stereocenters. The maximum atomic E-state index is 13.2. The first-order valence-electron chi connectivity index (χ1n) is 8.01. The average Bonchev–Trinajstić information content (AvgIpc) is 3.22. The standard InChI is InChI=1S/C16H18F3N7/c1-4-26-13(5-6-20-26)10(2)22-15-23-12(11-8-21-25(3)9-11)7-14(24-15)16(17,18)19/h5-10H,4H2,1-3H3,(H,22,23,24).